The Morgan fingerprint density at radius 1 is 1.27 bits per heavy atom. The molecule has 0 saturated carbocycles. The second-order valence-corrected chi connectivity index (χ2v) is 6.70. The summed E-state index contributed by atoms with van der Waals surface area (Å²) in [6.07, 6.45) is 1.30. The number of thiazole rings is 1. The van der Waals surface area contributed by atoms with Crippen molar-refractivity contribution in [2.24, 2.45) is 0 Å². The maximum absolute atomic E-state index is 13.3. The van der Waals surface area contributed by atoms with Crippen LogP contribution in [-0.2, 0) is 0 Å². The van der Waals surface area contributed by atoms with E-state index in [1.165, 1.54) is 30.7 Å². The van der Waals surface area contributed by atoms with Crippen molar-refractivity contribution >= 4 is 28.3 Å². The molecule has 0 bridgehead atoms. The number of aromatic nitrogens is 1. The highest BCUT2D eigenvalue weighted by atomic mass is 32.1. The van der Waals surface area contributed by atoms with Gasteiger partial charge in [0.15, 0.2) is 11.5 Å². The first-order valence-electron chi connectivity index (χ1n) is 8.46. The molecular formula is C20H15FN4O4S. The van der Waals surface area contributed by atoms with Gasteiger partial charge in [-0.3, -0.25) is 10.1 Å². The van der Waals surface area contributed by atoms with E-state index in [1.807, 2.05) is 12.1 Å². The van der Waals surface area contributed by atoms with Crippen molar-refractivity contribution < 1.29 is 18.8 Å². The number of nitro benzene ring substituents is 1. The normalized spacial score (nSPS) is 10.9. The summed E-state index contributed by atoms with van der Waals surface area (Å²) >= 11 is 1.24. The predicted octanol–water partition coefficient (Wildman–Crippen LogP) is 4.85. The maximum atomic E-state index is 13.3. The smallest absolute Gasteiger partial charge is 0.295 e. The first-order chi connectivity index (χ1) is 14.5. The standard InChI is InChI=1S/C20H15FN4O4S/c1-28-18-6-3-12(7-19(18)29-2)16-11-30-20(24-16)13(9-22)10-23-15-5-4-14(21)8-17(15)25(26)27/h3-8,10-11,23H,1-2H3/b13-10+. The summed E-state index contributed by atoms with van der Waals surface area (Å²) in [6, 6.07) is 10.5. The fourth-order valence-electron chi connectivity index (χ4n) is 2.60. The Hall–Kier alpha value is -3.97. The van der Waals surface area contributed by atoms with Gasteiger partial charge in [-0.1, -0.05) is 0 Å². The van der Waals surface area contributed by atoms with Crippen LogP contribution in [-0.4, -0.2) is 24.1 Å². The van der Waals surface area contributed by atoms with Crippen LogP contribution < -0.4 is 14.8 Å². The second kappa shape index (κ2) is 9.02. The Labute approximate surface area is 175 Å². The largest absolute Gasteiger partial charge is 0.493 e. The lowest BCUT2D eigenvalue weighted by Crippen LogP contribution is -1.98. The quantitative estimate of drug-likeness (QED) is 0.327. The Morgan fingerprint density at radius 3 is 2.70 bits per heavy atom. The van der Waals surface area contributed by atoms with E-state index in [-0.39, 0.29) is 11.3 Å². The SMILES string of the molecule is COc1ccc(-c2csc(/C(C#N)=C/Nc3ccc(F)cc3[N+](=O)[O-])n2)cc1OC. The lowest BCUT2D eigenvalue weighted by Gasteiger charge is -2.08. The summed E-state index contributed by atoms with van der Waals surface area (Å²) in [5.74, 6) is 0.404. The first-order valence-corrected chi connectivity index (χ1v) is 9.33. The molecule has 0 aliphatic heterocycles. The van der Waals surface area contributed by atoms with E-state index < -0.39 is 16.4 Å². The molecule has 152 valence electrons. The number of nitrogens with one attached hydrogen (secondary N) is 1. The van der Waals surface area contributed by atoms with E-state index in [0.717, 1.165) is 17.7 Å². The summed E-state index contributed by atoms with van der Waals surface area (Å²) in [6.45, 7) is 0. The van der Waals surface area contributed by atoms with Gasteiger partial charge in [0.05, 0.1) is 30.9 Å². The molecule has 0 radical (unpaired) electrons. The molecule has 2 aromatic carbocycles. The van der Waals surface area contributed by atoms with Crippen LogP contribution in [0.4, 0.5) is 15.8 Å². The van der Waals surface area contributed by atoms with E-state index in [0.29, 0.717) is 22.2 Å². The molecule has 0 amide bonds. The molecule has 30 heavy (non-hydrogen) atoms. The third-order valence-corrected chi connectivity index (χ3v) is 4.94. The monoisotopic (exact) mass is 426 g/mol. The van der Waals surface area contributed by atoms with Crippen LogP contribution in [0.25, 0.3) is 16.8 Å². The molecule has 8 nitrogen and oxygen atoms in total. The fourth-order valence-corrected chi connectivity index (χ4v) is 3.39. The van der Waals surface area contributed by atoms with Gasteiger partial charge in [0.1, 0.15) is 28.2 Å². The van der Waals surface area contributed by atoms with E-state index >= 15 is 0 Å². The minimum atomic E-state index is -0.726. The molecule has 10 heteroatoms. The minimum absolute atomic E-state index is 0.0609. The minimum Gasteiger partial charge on any atom is -0.493 e. The summed E-state index contributed by atoms with van der Waals surface area (Å²) in [5.41, 5.74) is 1.20. The van der Waals surface area contributed by atoms with Gasteiger partial charge in [-0.2, -0.15) is 5.26 Å². The summed E-state index contributed by atoms with van der Waals surface area (Å²) in [5, 5.41) is 25.5. The molecule has 1 N–H and O–H groups in total. The number of allylic oxidation sites excluding steroid dienone is 1. The number of nitriles is 1. The maximum Gasteiger partial charge on any atom is 0.295 e. The van der Waals surface area contributed by atoms with E-state index in [9.17, 15) is 19.8 Å². The first kappa shape index (κ1) is 20.8. The van der Waals surface area contributed by atoms with Crippen molar-refractivity contribution in [2.45, 2.75) is 0 Å². The number of nitro groups is 1. The summed E-state index contributed by atoms with van der Waals surface area (Å²) in [7, 11) is 3.08. The molecule has 3 aromatic rings. The third-order valence-electron chi connectivity index (χ3n) is 4.06. The van der Waals surface area contributed by atoms with Gasteiger partial charge in [-0.15, -0.1) is 11.3 Å². The predicted molar refractivity (Wildman–Crippen MR) is 111 cm³/mol. The number of rotatable bonds is 7. The number of halogens is 1. The summed E-state index contributed by atoms with van der Waals surface area (Å²) in [4.78, 5) is 14.9. The molecule has 0 unspecified atom stereocenters. The molecule has 0 spiro atoms. The molecule has 1 aromatic heterocycles. The molecule has 1 heterocycles. The van der Waals surface area contributed by atoms with Gasteiger partial charge in [0.25, 0.3) is 5.69 Å². The lowest BCUT2D eigenvalue weighted by atomic mass is 10.1. The van der Waals surface area contributed by atoms with Gasteiger partial charge in [-0.25, -0.2) is 9.37 Å². The van der Waals surface area contributed by atoms with Crippen LogP contribution in [0.15, 0.2) is 48.0 Å². The van der Waals surface area contributed by atoms with Crippen molar-refractivity contribution in [3.8, 4) is 28.8 Å². The highest BCUT2D eigenvalue weighted by molar-refractivity contribution is 7.11. The van der Waals surface area contributed by atoms with Crippen molar-refractivity contribution in [1.29, 1.82) is 5.26 Å². The molecule has 0 aliphatic carbocycles. The Kier molecular flexibility index (Phi) is 6.24. The van der Waals surface area contributed by atoms with Crippen molar-refractivity contribution in [3.05, 3.63) is 68.9 Å². The lowest BCUT2D eigenvalue weighted by molar-refractivity contribution is -0.384. The van der Waals surface area contributed by atoms with Gasteiger partial charge in [-0.05, 0) is 30.3 Å². The third kappa shape index (κ3) is 4.37. The van der Waals surface area contributed by atoms with Crippen molar-refractivity contribution in [1.82, 2.24) is 4.98 Å². The molecule has 0 fully saturated rings. The number of hydrogen-bond acceptors (Lipinski definition) is 8. The van der Waals surface area contributed by atoms with Crippen LogP contribution in [0.5, 0.6) is 11.5 Å². The Bertz CT molecular complexity index is 1170. The highest BCUT2D eigenvalue weighted by Gasteiger charge is 2.15. The second-order valence-electron chi connectivity index (χ2n) is 5.84. The Balaban J connectivity index is 1.89. The zero-order valence-corrected chi connectivity index (χ0v) is 16.7. The molecule has 0 aliphatic rings. The van der Waals surface area contributed by atoms with Crippen molar-refractivity contribution in [2.75, 3.05) is 19.5 Å². The van der Waals surface area contributed by atoms with Crippen LogP contribution in [0.2, 0.25) is 0 Å². The molecule has 0 saturated heterocycles. The number of benzene rings is 2. The number of methoxy groups -OCH3 is 2. The van der Waals surface area contributed by atoms with E-state index in [1.54, 1.807) is 24.6 Å². The molecule has 3 rings (SSSR count). The van der Waals surface area contributed by atoms with Crippen LogP contribution in [0.1, 0.15) is 5.01 Å². The average Bonchev–Trinajstić information content (AvgIpc) is 3.24. The number of nitrogens with zero attached hydrogens (tertiary/aromatic N) is 3. The van der Waals surface area contributed by atoms with E-state index in [4.69, 9.17) is 9.47 Å². The van der Waals surface area contributed by atoms with E-state index in [2.05, 4.69) is 10.3 Å². The average molecular weight is 426 g/mol. The molecule has 0 atom stereocenters. The Morgan fingerprint density at radius 2 is 2.03 bits per heavy atom. The van der Waals surface area contributed by atoms with Gasteiger partial charge < -0.3 is 14.8 Å². The fraction of sp³-hybridized carbons (Fsp3) is 0.100. The van der Waals surface area contributed by atoms with Crippen LogP contribution in [0, 0.1) is 27.3 Å². The summed E-state index contributed by atoms with van der Waals surface area (Å²) < 4.78 is 23.8. The van der Waals surface area contributed by atoms with Gasteiger partial charge in [0, 0.05) is 17.1 Å². The van der Waals surface area contributed by atoms with Gasteiger partial charge in [0.2, 0.25) is 0 Å². The van der Waals surface area contributed by atoms with Crippen molar-refractivity contribution in [3.63, 3.8) is 0 Å². The molecular weight excluding hydrogens is 411 g/mol. The van der Waals surface area contributed by atoms with Crippen LogP contribution >= 0.6 is 11.3 Å². The number of anilines is 1. The number of hydrogen-bond donors (Lipinski definition) is 1. The topological polar surface area (TPSA) is 110 Å². The van der Waals surface area contributed by atoms with Crippen LogP contribution in [0.3, 0.4) is 0 Å². The zero-order valence-electron chi connectivity index (χ0n) is 15.9. The highest BCUT2D eigenvalue weighted by Crippen LogP contribution is 2.34. The van der Waals surface area contributed by atoms with Gasteiger partial charge >= 0.3 is 0 Å². The number of ether oxygens (including phenoxy) is 2. The zero-order chi connectivity index (χ0) is 21.7.